The first-order chi connectivity index (χ1) is 43.7. The monoisotopic (exact) mass is 1120 g/mol. The van der Waals surface area contributed by atoms with E-state index in [0.717, 1.165) is 117 Å². The zero-order valence-electron chi connectivity index (χ0n) is 47.7. The molecule has 0 saturated heterocycles. The minimum Gasteiger partial charge on any atom is -0.309 e. The van der Waals surface area contributed by atoms with Crippen LogP contribution < -0.4 is 0 Å². The van der Waals surface area contributed by atoms with Gasteiger partial charge in [-0.25, -0.2) is 4.98 Å². The molecule has 5 aromatic heterocycles. The maximum Gasteiger partial charge on any atom is 0.237 e. The maximum atomic E-state index is 5.88. The number of hydrogen-bond acceptors (Lipinski definition) is 2. The lowest BCUT2D eigenvalue weighted by Gasteiger charge is -2.18. The molecular formula is C82H52N6. The minimum atomic E-state index is 0.571. The molecular weight excluding hydrogens is 1070 g/mol. The van der Waals surface area contributed by atoms with Crippen LogP contribution in [0.15, 0.2) is 315 Å². The third-order valence-corrected chi connectivity index (χ3v) is 18.0. The van der Waals surface area contributed by atoms with E-state index in [4.69, 9.17) is 9.97 Å². The molecule has 18 aromatic rings. The Balaban J connectivity index is 0.894. The lowest BCUT2D eigenvalue weighted by Crippen LogP contribution is -2.08. The van der Waals surface area contributed by atoms with Crippen molar-refractivity contribution in [2.75, 3.05) is 0 Å². The molecule has 0 atom stereocenters. The molecule has 0 aliphatic carbocycles. The second-order valence-electron chi connectivity index (χ2n) is 22.9. The normalized spacial score (nSPS) is 11.9. The van der Waals surface area contributed by atoms with E-state index in [1.165, 1.54) is 43.6 Å². The van der Waals surface area contributed by atoms with Crippen LogP contribution in [0.4, 0.5) is 0 Å². The molecule has 0 amide bonds. The van der Waals surface area contributed by atoms with Crippen LogP contribution in [0.2, 0.25) is 0 Å². The Labute approximate surface area is 507 Å². The first-order valence-electron chi connectivity index (χ1n) is 30.1. The van der Waals surface area contributed by atoms with Crippen molar-refractivity contribution in [1.29, 1.82) is 0 Å². The molecule has 0 spiro atoms. The standard InChI is InChI=1S/C82H52N6/c1-5-22-53(23-6-1)61-34-21-35-62(54-24-7-2-8-25-54)81(61)71-52-80(87-74-38-19-13-30-63(74)67-44-40-57(50-78(67)87)55-42-46-76-69(48-55)65-32-15-17-36-72(65)85(76)59-26-9-3-10-27-59)84-82(83-71)88-75-39-20-14-31-64(75)68-45-41-58(51-79(68)88)56-43-47-77-70(49-56)66-33-16-18-37-73(66)86(77)60-28-11-4-12-29-60/h1-52H. The van der Waals surface area contributed by atoms with E-state index >= 15 is 0 Å². The van der Waals surface area contributed by atoms with Crippen LogP contribution in [0.3, 0.4) is 0 Å². The summed E-state index contributed by atoms with van der Waals surface area (Å²) in [7, 11) is 0. The van der Waals surface area contributed by atoms with Crippen molar-refractivity contribution >= 4 is 87.2 Å². The van der Waals surface area contributed by atoms with E-state index < -0.39 is 0 Å². The van der Waals surface area contributed by atoms with Crippen LogP contribution in [-0.2, 0) is 0 Å². The number of para-hydroxylation sites is 6. The SMILES string of the molecule is c1ccc(-c2cccc(-c3ccccc3)c2-c2cc(-n3c4ccccc4c4ccc(-c5ccc6c(c5)c5ccccc5n6-c5ccccc5)cc43)nc(-n3c4ccccc4c4ccc(-c5ccc6c(c5)c5ccccc5n6-c5ccccc5)cc43)n2)cc1. The highest BCUT2D eigenvalue weighted by Gasteiger charge is 2.24. The van der Waals surface area contributed by atoms with Crippen LogP contribution in [0.1, 0.15) is 0 Å². The molecule has 0 unspecified atom stereocenters. The highest BCUT2D eigenvalue weighted by molar-refractivity contribution is 6.15. The number of fused-ring (bicyclic) bond motifs is 12. The average Bonchev–Trinajstić information content (AvgIpc) is 1.72. The maximum absolute atomic E-state index is 5.88. The second-order valence-corrected chi connectivity index (χ2v) is 22.9. The molecule has 0 saturated carbocycles. The topological polar surface area (TPSA) is 45.5 Å². The van der Waals surface area contributed by atoms with Crippen LogP contribution in [-0.4, -0.2) is 28.2 Å². The predicted molar refractivity (Wildman–Crippen MR) is 367 cm³/mol. The molecule has 6 heteroatoms. The van der Waals surface area contributed by atoms with E-state index in [9.17, 15) is 0 Å². The summed E-state index contributed by atoms with van der Waals surface area (Å²) < 4.78 is 9.42. The van der Waals surface area contributed by atoms with Gasteiger partial charge in [-0.2, -0.15) is 4.98 Å². The van der Waals surface area contributed by atoms with Gasteiger partial charge in [0.05, 0.1) is 49.8 Å². The molecule has 0 N–H and O–H groups in total. The van der Waals surface area contributed by atoms with Crippen molar-refractivity contribution in [3.8, 4) is 78.9 Å². The van der Waals surface area contributed by atoms with Crippen molar-refractivity contribution in [1.82, 2.24) is 28.2 Å². The fraction of sp³-hybridized carbons (Fsp3) is 0. The van der Waals surface area contributed by atoms with Gasteiger partial charge in [0.1, 0.15) is 5.82 Å². The smallest absolute Gasteiger partial charge is 0.237 e. The van der Waals surface area contributed by atoms with Crippen molar-refractivity contribution in [2.24, 2.45) is 0 Å². The van der Waals surface area contributed by atoms with Gasteiger partial charge >= 0.3 is 0 Å². The summed E-state index contributed by atoms with van der Waals surface area (Å²) in [6.07, 6.45) is 0. The summed E-state index contributed by atoms with van der Waals surface area (Å²) in [5.41, 5.74) is 21.8. The Bertz CT molecular complexity index is 5440. The second kappa shape index (κ2) is 19.9. The summed E-state index contributed by atoms with van der Waals surface area (Å²) in [5.74, 6) is 1.33. The highest BCUT2D eigenvalue weighted by Crippen LogP contribution is 2.44. The summed E-state index contributed by atoms with van der Waals surface area (Å²) in [5, 5.41) is 9.38. The van der Waals surface area contributed by atoms with Crippen LogP contribution in [0.5, 0.6) is 0 Å². The zero-order valence-corrected chi connectivity index (χ0v) is 47.7. The van der Waals surface area contributed by atoms with E-state index in [1.807, 2.05) is 0 Å². The summed E-state index contributed by atoms with van der Waals surface area (Å²) >= 11 is 0. The molecule has 0 aliphatic heterocycles. The number of benzene rings is 13. The van der Waals surface area contributed by atoms with Gasteiger partial charge in [-0.15, -0.1) is 0 Å². The molecule has 410 valence electrons. The first kappa shape index (κ1) is 49.6. The highest BCUT2D eigenvalue weighted by atomic mass is 15.2. The number of nitrogens with zero attached hydrogens (tertiary/aromatic N) is 6. The van der Waals surface area contributed by atoms with Gasteiger partial charge in [0.25, 0.3) is 0 Å². The molecule has 88 heavy (non-hydrogen) atoms. The molecule has 0 radical (unpaired) electrons. The fourth-order valence-corrected chi connectivity index (χ4v) is 14.1. The van der Waals surface area contributed by atoms with Gasteiger partial charge in [-0.05, 0) is 129 Å². The number of aromatic nitrogens is 6. The zero-order chi connectivity index (χ0) is 57.8. The van der Waals surface area contributed by atoms with Crippen molar-refractivity contribution < 1.29 is 0 Å². The fourth-order valence-electron chi connectivity index (χ4n) is 14.1. The molecule has 5 heterocycles. The first-order valence-corrected chi connectivity index (χ1v) is 30.1. The van der Waals surface area contributed by atoms with Gasteiger partial charge in [0.2, 0.25) is 5.95 Å². The third-order valence-electron chi connectivity index (χ3n) is 18.0. The van der Waals surface area contributed by atoms with Crippen molar-refractivity contribution in [3.63, 3.8) is 0 Å². The lowest BCUT2D eigenvalue weighted by molar-refractivity contribution is 0.952. The van der Waals surface area contributed by atoms with Gasteiger partial charge in [0, 0.05) is 66.1 Å². The van der Waals surface area contributed by atoms with Crippen molar-refractivity contribution in [2.45, 2.75) is 0 Å². The molecule has 0 aliphatic rings. The Kier molecular flexibility index (Phi) is 11.2. The summed E-state index contributed by atoms with van der Waals surface area (Å²) in [6.45, 7) is 0. The van der Waals surface area contributed by atoms with Crippen LogP contribution in [0, 0.1) is 0 Å². The summed E-state index contributed by atoms with van der Waals surface area (Å²) in [4.78, 5) is 11.8. The number of rotatable bonds is 9. The van der Waals surface area contributed by atoms with E-state index in [2.05, 4.69) is 334 Å². The molecule has 0 bridgehead atoms. The Morgan fingerprint density at radius 3 is 1.03 bits per heavy atom. The summed E-state index contributed by atoms with van der Waals surface area (Å²) in [6, 6.07) is 114. The van der Waals surface area contributed by atoms with Crippen LogP contribution in [0.25, 0.3) is 166 Å². The van der Waals surface area contributed by atoms with Crippen LogP contribution >= 0.6 is 0 Å². The predicted octanol–water partition coefficient (Wildman–Crippen LogP) is 21.2. The third kappa shape index (κ3) is 7.76. The van der Waals surface area contributed by atoms with Gasteiger partial charge in [0.15, 0.2) is 0 Å². The van der Waals surface area contributed by atoms with Crippen molar-refractivity contribution in [3.05, 3.63) is 315 Å². The molecule has 18 rings (SSSR count). The Morgan fingerprint density at radius 2 is 0.557 bits per heavy atom. The molecule has 6 nitrogen and oxygen atoms in total. The van der Waals surface area contributed by atoms with Gasteiger partial charge < -0.3 is 9.13 Å². The van der Waals surface area contributed by atoms with Gasteiger partial charge in [-0.1, -0.05) is 224 Å². The quantitative estimate of drug-likeness (QED) is 0.145. The Hall–Kier alpha value is -11.9. The van der Waals surface area contributed by atoms with E-state index in [1.54, 1.807) is 0 Å². The minimum absolute atomic E-state index is 0.571. The van der Waals surface area contributed by atoms with E-state index in [0.29, 0.717) is 5.95 Å². The van der Waals surface area contributed by atoms with E-state index in [-0.39, 0.29) is 0 Å². The largest absolute Gasteiger partial charge is 0.309 e. The molecule has 0 fully saturated rings. The lowest BCUT2D eigenvalue weighted by atomic mass is 9.90. The van der Waals surface area contributed by atoms with Gasteiger partial charge in [-0.3, -0.25) is 9.13 Å². The molecule has 13 aromatic carbocycles. The number of hydrogen-bond donors (Lipinski definition) is 0. The average molecular weight is 1120 g/mol. The Morgan fingerprint density at radius 1 is 0.205 bits per heavy atom.